The summed E-state index contributed by atoms with van der Waals surface area (Å²) in [6, 6.07) is 0. The molecule has 1 radical (unpaired) electrons. The van der Waals surface area contributed by atoms with Crippen molar-refractivity contribution in [3.8, 4) is 0 Å². The van der Waals surface area contributed by atoms with Gasteiger partial charge in [-0.25, -0.2) is 0 Å². The highest BCUT2D eigenvalue weighted by atomic mass is 28.2. The highest BCUT2D eigenvalue weighted by Gasteiger charge is 1.80. The molecular formula is C5H13OSi. The molecule has 0 bridgehead atoms. The third-order valence-electron chi connectivity index (χ3n) is 0.842. The summed E-state index contributed by atoms with van der Waals surface area (Å²) in [5, 5.41) is 0. The van der Waals surface area contributed by atoms with E-state index in [1.807, 2.05) is 6.61 Å². The Hall–Kier alpha value is 0.177. The van der Waals surface area contributed by atoms with Gasteiger partial charge in [0, 0.05) is 0 Å². The van der Waals surface area contributed by atoms with Gasteiger partial charge in [0.05, 0.1) is 6.61 Å². The molecule has 0 aromatic rings. The zero-order chi connectivity index (χ0) is 5.54. The molecule has 0 aliphatic rings. The van der Waals surface area contributed by atoms with E-state index in [0.717, 1.165) is 16.9 Å². The number of rotatable bonds is 4. The van der Waals surface area contributed by atoms with Gasteiger partial charge in [0.25, 0.3) is 0 Å². The standard InChI is InChI=1S/C5H13OSi/c1-2-3-4-5-6-7/h5H,2-4H2,1,7H3. The van der Waals surface area contributed by atoms with Crippen LogP contribution >= 0.6 is 0 Å². The third kappa shape index (κ3) is 6.18. The lowest BCUT2D eigenvalue weighted by Gasteiger charge is -1.92. The molecule has 0 amide bonds. The molecule has 0 rings (SSSR count). The smallest absolute Gasteiger partial charge is 0.146 e. The Balaban J connectivity index is 2.45. The quantitative estimate of drug-likeness (QED) is 0.388. The van der Waals surface area contributed by atoms with E-state index in [2.05, 4.69) is 6.92 Å². The molecular weight excluding hydrogens is 104 g/mol. The van der Waals surface area contributed by atoms with Gasteiger partial charge in [-0.15, -0.1) is 0 Å². The van der Waals surface area contributed by atoms with Crippen LogP contribution in [0.25, 0.3) is 0 Å². The zero-order valence-corrected chi connectivity index (χ0v) is 7.11. The molecule has 0 unspecified atom stereocenters. The van der Waals surface area contributed by atoms with Crippen LogP contribution in [0.15, 0.2) is 0 Å². The molecule has 0 saturated carbocycles. The molecule has 0 heterocycles. The summed E-state index contributed by atoms with van der Waals surface area (Å²) in [6.45, 7) is 4.08. The number of unbranched alkanes of at least 4 members (excludes halogenated alkanes) is 2. The van der Waals surface area contributed by atoms with E-state index in [4.69, 9.17) is 4.43 Å². The molecule has 0 saturated heterocycles. The van der Waals surface area contributed by atoms with E-state index in [1.54, 1.807) is 0 Å². The van der Waals surface area contributed by atoms with Crippen molar-refractivity contribution in [3.05, 3.63) is 6.61 Å². The highest BCUT2D eigenvalue weighted by molar-refractivity contribution is 5.98. The normalized spacial score (nSPS) is 9.86. The van der Waals surface area contributed by atoms with Crippen molar-refractivity contribution >= 4 is 10.5 Å². The van der Waals surface area contributed by atoms with E-state index in [-0.39, 0.29) is 0 Å². The molecule has 0 aromatic heterocycles. The largest absolute Gasteiger partial charge is 0.422 e. The average Bonchev–Trinajstić information content (AvgIpc) is 1.69. The Morgan fingerprint density at radius 1 is 1.71 bits per heavy atom. The summed E-state index contributed by atoms with van der Waals surface area (Å²) in [5.41, 5.74) is 0. The van der Waals surface area contributed by atoms with E-state index in [1.165, 1.54) is 12.8 Å². The zero-order valence-electron chi connectivity index (χ0n) is 5.11. The predicted octanol–water partition coefficient (Wildman–Crippen LogP) is 0.635. The van der Waals surface area contributed by atoms with Crippen molar-refractivity contribution < 1.29 is 4.43 Å². The molecule has 0 spiro atoms. The third-order valence-corrected chi connectivity index (χ3v) is 1.18. The van der Waals surface area contributed by atoms with Crippen LogP contribution < -0.4 is 0 Å². The summed E-state index contributed by atoms with van der Waals surface area (Å²) >= 11 is 0. The molecule has 43 valence electrons. The summed E-state index contributed by atoms with van der Waals surface area (Å²) in [4.78, 5) is 0. The van der Waals surface area contributed by atoms with Crippen molar-refractivity contribution in [1.29, 1.82) is 0 Å². The van der Waals surface area contributed by atoms with Crippen LogP contribution in [0.3, 0.4) is 0 Å². The SMILES string of the molecule is CCCC[CH]O[SiH3]. The summed E-state index contributed by atoms with van der Waals surface area (Å²) in [5.74, 6) is 0. The Bertz CT molecular complexity index is 27.3. The van der Waals surface area contributed by atoms with Crippen LogP contribution in [-0.4, -0.2) is 10.5 Å². The minimum absolute atomic E-state index is 0.850. The maximum atomic E-state index is 4.86. The second-order valence-corrected chi connectivity index (χ2v) is 2.02. The molecule has 0 atom stereocenters. The summed E-state index contributed by atoms with van der Waals surface area (Å²) in [6.07, 6.45) is 3.66. The lowest BCUT2D eigenvalue weighted by Crippen LogP contribution is -1.79. The van der Waals surface area contributed by atoms with E-state index in [0.29, 0.717) is 0 Å². The van der Waals surface area contributed by atoms with Gasteiger partial charge in [0.1, 0.15) is 10.5 Å². The number of hydrogen-bond acceptors (Lipinski definition) is 1. The van der Waals surface area contributed by atoms with Gasteiger partial charge >= 0.3 is 0 Å². The van der Waals surface area contributed by atoms with Gasteiger partial charge in [-0.2, -0.15) is 0 Å². The van der Waals surface area contributed by atoms with Crippen LogP contribution in [0.2, 0.25) is 0 Å². The van der Waals surface area contributed by atoms with Crippen LogP contribution in [0, 0.1) is 6.61 Å². The lowest BCUT2D eigenvalue weighted by molar-refractivity contribution is 0.423. The van der Waals surface area contributed by atoms with Crippen LogP contribution in [0.4, 0.5) is 0 Å². The summed E-state index contributed by atoms with van der Waals surface area (Å²) < 4.78 is 4.86. The topological polar surface area (TPSA) is 9.23 Å². The van der Waals surface area contributed by atoms with Crippen LogP contribution in [-0.2, 0) is 4.43 Å². The van der Waals surface area contributed by atoms with Gasteiger partial charge in [0.2, 0.25) is 0 Å². The first-order valence-electron chi connectivity index (χ1n) is 2.76. The maximum Gasteiger partial charge on any atom is 0.146 e. The Kier molecular flexibility index (Phi) is 6.33. The molecule has 0 aromatic carbocycles. The molecule has 0 fully saturated rings. The Labute approximate surface area is 48.6 Å². The minimum Gasteiger partial charge on any atom is -0.422 e. The fourth-order valence-corrected chi connectivity index (χ4v) is 0.641. The maximum absolute atomic E-state index is 4.86. The lowest BCUT2D eigenvalue weighted by atomic mass is 10.3. The van der Waals surface area contributed by atoms with Gasteiger partial charge in [0.15, 0.2) is 0 Å². The first kappa shape index (κ1) is 7.18. The Morgan fingerprint density at radius 2 is 2.43 bits per heavy atom. The van der Waals surface area contributed by atoms with Crippen molar-refractivity contribution in [2.75, 3.05) is 0 Å². The van der Waals surface area contributed by atoms with E-state index >= 15 is 0 Å². The minimum atomic E-state index is 0.850. The molecule has 0 aliphatic heterocycles. The van der Waals surface area contributed by atoms with Crippen LogP contribution in [0.1, 0.15) is 26.2 Å². The monoisotopic (exact) mass is 117 g/mol. The second kappa shape index (κ2) is 6.18. The molecule has 0 aliphatic carbocycles. The average molecular weight is 117 g/mol. The first-order chi connectivity index (χ1) is 3.41. The van der Waals surface area contributed by atoms with Crippen LogP contribution in [0.5, 0.6) is 0 Å². The van der Waals surface area contributed by atoms with Crippen molar-refractivity contribution in [3.63, 3.8) is 0 Å². The van der Waals surface area contributed by atoms with E-state index in [9.17, 15) is 0 Å². The molecule has 0 N–H and O–H groups in total. The van der Waals surface area contributed by atoms with Gasteiger partial charge in [-0.05, 0) is 6.42 Å². The number of hydrogen-bond donors (Lipinski definition) is 0. The van der Waals surface area contributed by atoms with Gasteiger partial charge < -0.3 is 4.43 Å². The first-order valence-corrected chi connectivity index (χ1v) is 3.58. The molecule has 1 nitrogen and oxygen atoms in total. The molecule has 7 heavy (non-hydrogen) atoms. The molecule has 2 heteroatoms. The van der Waals surface area contributed by atoms with Crippen molar-refractivity contribution in [2.45, 2.75) is 26.2 Å². The van der Waals surface area contributed by atoms with Gasteiger partial charge in [-0.3, -0.25) is 0 Å². The Morgan fingerprint density at radius 3 is 2.86 bits per heavy atom. The predicted molar refractivity (Wildman–Crippen MR) is 34.8 cm³/mol. The fourth-order valence-electron chi connectivity index (χ4n) is 0.405. The van der Waals surface area contributed by atoms with Crippen molar-refractivity contribution in [1.82, 2.24) is 0 Å². The fraction of sp³-hybridized carbons (Fsp3) is 0.800. The summed E-state index contributed by atoms with van der Waals surface area (Å²) in [7, 11) is 0.850. The second-order valence-electron chi connectivity index (χ2n) is 1.54. The van der Waals surface area contributed by atoms with Gasteiger partial charge in [-0.1, -0.05) is 19.8 Å². The van der Waals surface area contributed by atoms with E-state index < -0.39 is 0 Å². The highest BCUT2D eigenvalue weighted by Crippen LogP contribution is 1.95. The van der Waals surface area contributed by atoms with Crippen molar-refractivity contribution in [2.24, 2.45) is 0 Å².